The number of rotatable bonds is 6. The smallest absolute Gasteiger partial charge is 0.253 e. The van der Waals surface area contributed by atoms with E-state index in [1.165, 1.54) is 0 Å². The first-order chi connectivity index (χ1) is 8.58. The number of carbonyl (C=O) groups excluding carboxylic acids is 1. The van der Waals surface area contributed by atoms with Gasteiger partial charge in [-0.3, -0.25) is 9.78 Å². The van der Waals surface area contributed by atoms with Crippen LogP contribution in [0, 0.1) is 12.3 Å². The molecule has 1 aromatic heterocycles. The second kappa shape index (κ2) is 6.50. The highest BCUT2D eigenvalue weighted by Crippen LogP contribution is 2.24. The summed E-state index contributed by atoms with van der Waals surface area (Å²) in [7, 11) is 0. The first-order valence-corrected chi connectivity index (χ1v) is 6.39. The molecule has 100 valence electrons. The summed E-state index contributed by atoms with van der Waals surface area (Å²) in [6.07, 6.45) is 3.35. The van der Waals surface area contributed by atoms with Gasteiger partial charge in [-0.15, -0.1) is 0 Å². The lowest BCUT2D eigenvalue weighted by Gasteiger charge is -2.29. The Morgan fingerprint density at radius 1 is 1.44 bits per heavy atom. The number of aromatic nitrogens is 1. The van der Waals surface area contributed by atoms with Crippen LogP contribution in [0.4, 0.5) is 0 Å². The van der Waals surface area contributed by atoms with Crippen molar-refractivity contribution in [3.05, 3.63) is 29.6 Å². The fourth-order valence-electron chi connectivity index (χ4n) is 1.87. The molecule has 0 aliphatic heterocycles. The average molecular weight is 250 g/mol. The molecule has 4 heteroatoms. The number of aliphatic hydroxyl groups is 1. The number of aliphatic hydroxyl groups excluding tert-OH is 1. The Kier molecular flexibility index (Phi) is 5.28. The highest BCUT2D eigenvalue weighted by atomic mass is 16.3. The summed E-state index contributed by atoms with van der Waals surface area (Å²) in [5, 5.41) is 12.3. The molecule has 0 radical (unpaired) electrons. The molecule has 0 fully saturated rings. The van der Waals surface area contributed by atoms with Gasteiger partial charge in [0.05, 0.1) is 12.2 Å². The zero-order valence-corrected chi connectivity index (χ0v) is 11.4. The van der Waals surface area contributed by atoms with E-state index >= 15 is 0 Å². The number of nitrogens with zero attached hydrogens (tertiary/aromatic N) is 1. The monoisotopic (exact) mass is 250 g/mol. The van der Waals surface area contributed by atoms with Crippen molar-refractivity contribution < 1.29 is 9.90 Å². The average Bonchev–Trinajstić information content (AvgIpc) is 2.41. The van der Waals surface area contributed by atoms with Crippen LogP contribution < -0.4 is 5.32 Å². The number of nitrogens with one attached hydrogen (secondary N) is 1. The summed E-state index contributed by atoms with van der Waals surface area (Å²) in [5.41, 5.74) is 1.10. The third kappa shape index (κ3) is 3.29. The van der Waals surface area contributed by atoms with Gasteiger partial charge in [0, 0.05) is 23.9 Å². The Labute approximate surface area is 108 Å². The normalized spacial score (nSPS) is 11.3. The lowest BCUT2D eigenvalue weighted by atomic mass is 9.83. The van der Waals surface area contributed by atoms with Crippen LogP contribution in [0.3, 0.4) is 0 Å². The van der Waals surface area contributed by atoms with Crippen molar-refractivity contribution >= 4 is 5.91 Å². The Morgan fingerprint density at radius 3 is 2.61 bits per heavy atom. The van der Waals surface area contributed by atoms with Crippen molar-refractivity contribution in [3.8, 4) is 0 Å². The quantitative estimate of drug-likeness (QED) is 0.810. The van der Waals surface area contributed by atoms with Crippen molar-refractivity contribution in [1.82, 2.24) is 10.3 Å². The Bertz CT molecular complexity index is 392. The van der Waals surface area contributed by atoms with Crippen LogP contribution in [0.2, 0.25) is 0 Å². The van der Waals surface area contributed by atoms with Crippen LogP contribution in [-0.4, -0.2) is 29.1 Å². The molecule has 0 aliphatic rings. The minimum absolute atomic E-state index is 0.0896. The van der Waals surface area contributed by atoms with E-state index in [2.05, 4.69) is 10.3 Å². The third-order valence-corrected chi connectivity index (χ3v) is 3.71. The molecule has 4 nitrogen and oxygen atoms in total. The van der Waals surface area contributed by atoms with Gasteiger partial charge in [0.15, 0.2) is 0 Å². The maximum Gasteiger partial charge on any atom is 0.253 e. The van der Waals surface area contributed by atoms with Crippen molar-refractivity contribution in [2.24, 2.45) is 5.41 Å². The van der Waals surface area contributed by atoms with Crippen LogP contribution in [0.1, 0.15) is 42.7 Å². The minimum Gasteiger partial charge on any atom is -0.396 e. The van der Waals surface area contributed by atoms with Crippen molar-refractivity contribution in [2.75, 3.05) is 13.2 Å². The zero-order valence-electron chi connectivity index (χ0n) is 11.4. The highest BCUT2D eigenvalue weighted by Gasteiger charge is 2.26. The fourth-order valence-corrected chi connectivity index (χ4v) is 1.87. The predicted molar refractivity (Wildman–Crippen MR) is 71.4 cm³/mol. The lowest BCUT2D eigenvalue weighted by Crippen LogP contribution is -2.39. The lowest BCUT2D eigenvalue weighted by molar-refractivity contribution is 0.0850. The van der Waals surface area contributed by atoms with E-state index in [0.29, 0.717) is 12.1 Å². The second-order valence-corrected chi connectivity index (χ2v) is 4.68. The van der Waals surface area contributed by atoms with Crippen LogP contribution in [0.15, 0.2) is 18.3 Å². The summed E-state index contributed by atoms with van der Waals surface area (Å²) < 4.78 is 0. The molecule has 0 saturated carbocycles. The summed E-state index contributed by atoms with van der Waals surface area (Å²) >= 11 is 0. The van der Waals surface area contributed by atoms with Gasteiger partial charge in [-0.05, 0) is 31.9 Å². The molecule has 0 unspecified atom stereocenters. The number of hydrogen-bond acceptors (Lipinski definition) is 3. The molecule has 0 aliphatic carbocycles. The molecule has 2 N–H and O–H groups in total. The Morgan fingerprint density at radius 2 is 2.11 bits per heavy atom. The van der Waals surface area contributed by atoms with Gasteiger partial charge in [0.1, 0.15) is 0 Å². The van der Waals surface area contributed by atoms with Gasteiger partial charge in [0.2, 0.25) is 0 Å². The molecule has 0 bridgehead atoms. The van der Waals surface area contributed by atoms with Crippen molar-refractivity contribution in [1.29, 1.82) is 0 Å². The highest BCUT2D eigenvalue weighted by molar-refractivity contribution is 5.95. The summed E-state index contributed by atoms with van der Waals surface area (Å²) in [5.74, 6) is -0.125. The molecule has 0 spiro atoms. The van der Waals surface area contributed by atoms with Crippen molar-refractivity contribution in [3.63, 3.8) is 0 Å². The Balaban J connectivity index is 2.69. The molecule has 18 heavy (non-hydrogen) atoms. The molecule has 0 aromatic carbocycles. The second-order valence-electron chi connectivity index (χ2n) is 4.68. The molecule has 0 saturated heterocycles. The fraction of sp³-hybridized carbons (Fsp3) is 0.571. The van der Waals surface area contributed by atoms with E-state index in [4.69, 9.17) is 0 Å². The number of pyridine rings is 1. The first-order valence-electron chi connectivity index (χ1n) is 6.39. The maximum absolute atomic E-state index is 12.0. The minimum atomic E-state index is -0.216. The number of hydrogen-bond donors (Lipinski definition) is 2. The number of carbonyl (C=O) groups is 1. The van der Waals surface area contributed by atoms with Gasteiger partial charge in [0.25, 0.3) is 5.91 Å². The first kappa shape index (κ1) is 14.6. The van der Waals surface area contributed by atoms with Gasteiger partial charge in [-0.1, -0.05) is 13.8 Å². The molecular weight excluding hydrogens is 228 g/mol. The van der Waals surface area contributed by atoms with E-state index in [9.17, 15) is 9.90 Å². The van der Waals surface area contributed by atoms with Gasteiger partial charge in [-0.25, -0.2) is 0 Å². The van der Waals surface area contributed by atoms with Crippen LogP contribution >= 0.6 is 0 Å². The van der Waals surface area contributed by atoms with E-state index < -0.39 is 0 Å². The number of amides is 1. The van der Waals surface area contributed by atoms with Crippen molar-refractivity contribution in [2.45, 2.75) is 33.6 Å². The van der Waals surface area contributed by atoms with Crippen LogP contribution in [0.25, 0.3) is 0 Å². The van der Waals surface area contributed by atoms with E-state index in [-0.39, 0.29) is 17.9 Å². The summed E-state index contributed by atoms with van der Waals surface area (Å²) in [6, 6.07) is 3.51. The SMILES string of the molecule is CCC(CC)(CO)CNC(=O)c1cccnc1C. The van der Waals surface area contributed by atoms with Gasteiger partial charge in [-0.2, -0.15) is 0 Å². The molecule has 1 rings (SSSR count). The van der Waals surface area contributed by atoms with Gasteiger partial charge < -0.3 is 10.4 Å². The standard InChI is InChI=1S/C14H22N2O2/c1-4-14(5-2,10-17)9-16-13(18)12-7-6-8-15-11(12)3/h6-8,17H,4-5,9-10H2,1-3H3,(H,16,18). The topological polar surface area (TPSA) is 62.2 Å². The maximum atomic E-state index is 12.0. The largest absolute Gasteiger partial charge is 0.396 e. The Hall–Kier alpha value is -1.42. The van der Waals surface area contributed by atoms with E-state index in [1.54, 1.807) is 18.3 Å². The zero-order chi connectivity index (χ0) is 13.6. The van der Waals surface area contributed by atoms with E-state index in [1.807, 2.05) is 20.8 Å². The summed E-state index contributed by atoms with van der Waals surface area (Å²) in [6.45, 7) is 6.45. The molecular formula is C14H22N2O2. The number of aryl methyl sites for hydroxylation is 1. The molecule has 1 heterocycles. The van der Waals surface area contributed by atoms with Gasteiger partial charge >= 0.3 is 0 Å². The molecule has 1 amide bonds. The van der Waals surface area contributed by atoms with E-state index in [0.717, 1.165) is 18.5 Å². The summed E-state index contributed by atoms with van der Waals surface area (Å²) in [4.78, 5) is 16.1. The molecule has 1 aromatic rings. The van der Waals surface area contributed by atoms with Crippen LogP contribution in [0.5, 0.6) is 0 Å². The molecule has 0 atom stereocenters. The predicted octanol–water partition coefficient (Wildman–Crippen LogP) is 1.92. The van der Waals surface area contributed by atoms with Crippen LogP contribution in [-0.2, 0) is 0 Å². The third-order valence-electron chi connectivity index (χ3n) is 3.71.